The van der Waals surface area contributed by atoms with E-state index in [2.05, 4.69) is 23.6 Å². The molecule has 37 heavy (non-hydrogen) atoms. The highest BCUT2D eigenvalue weighted by molar-refractivity contribution is 7.45. The highest BCUT2D eigenvalue weighted by atomic mass is 31.2. The molecule has 212 valence electrons. The van der Waals surface area contributed by atoms with Gasteiger partial charge in [0.25, 0.3) is 7.82 Å². The van der Waals surface area contributed by atoms with Crippen LogP contribution in [0.5, 0.6) is 0 Å². The molecule has 1 unspecified atom stereocenters. The average Bonchev–Trinajstić information content (AvgIpc) is 2.82. The summed E-state index contributed by atoms with van der Waals surface area (Å²) < 4.78 is 26.4. The first-order valence-electron chi connectivity index (χ1n) is 13.1. The second kappa shape index (κ2) is 22.2. The number of esters is 1. The Morgan fingerprint density at radius 3 is 2.05 bits per heavy atom. The number of phosphoric ester groups is 1. The van der Waals surface area contributed by atoms with E-state index in [4.69, 9.17) is 9.26 Å². The first kappa shape index (κ1) is 35.2. The number of hydrogen-bond donors (Lipinski definition) is 1. The molecular weight excluding hydrogens is 493 g/mol. The summed E-state index contributed by atoms with van der Waals surface area (Å²) in [5.74, 6) is -0.664. The zero-order chi connectivity index (χ0) is 27.8. The van der Waals surface area contributed by atoms with Gasteiger partial charge in [0.15, 0.2) is 0 Å². The standard InChI is InChI=1S/C28H48NO7P/c1-5-6-7-8-9-10-11-12-13-14-15-16-17-18-19-20-21-22-28(31)34-25-27(30)26-36-37(32,33)35-24-23-29(2,3)4/h13-22,27,30H,5-12,23-26H2,1-4H3/b14-13+,16-15+,18-17+,20-19+,22-21+/t27-/m1/s1. The minimum absolute atomic E-state index is 0.0322. The number of hydrogen-bond acceptors (Lipinski definition) is 7. The van der Waals surface area contributed by atoms with Gasteiger partial charge in [0.1, 0.15) is 25.9 Å². The van der Waals surface area contributed by atoms with Crippen LogP contribution >= 0.6 is 7.82 Å². The molecular formula is C28H48NO7P. The van der Waals surface area contributed by atoms with Gasteiger partial charge in [0.05, 0.1) is 27.7 Å². The summed E-state index contributed by atoms with van der Waals surface area (Å²) in [6.45, 7) is 1.72. The van der Waals surface area contributed by atoms with Crippen molar-refractivity contribution in [3.8, 4) is 0 Å². The van der Waals surface area contributed by atoms with E-state index < -0.39 is 33.1 Å². The summed E-state index contributed by atoms with van der Waals surface area (Å²) in [6.07, 6.45) is 27.1. The molecule has 0 bridgehead atoms. The van der Waals surface area contributed by atoms with Crippen LogP contribution in [0.3, 0.4) is 0 Å². The molecule has 0 amide bonds. The van der Waals surface area contributed by atoms with E-state index in [-0.39, 0.29) is 6.61 Å². The number of carbonyl (C=O) groups excluding carboxylic acids is 1. The Bertz CT molecular complexity index is 782. The second-order valence-corrected chi connectivity index (χ2v) is 11.1. The first-order valence-corrected chi connectivity index (χ1v) is 14.6. The quantitative estimate of drug-likeness (QED) is 0.0512. The van der Waals surface area contributed by atoms with E-state index in [1.54, 1.807) is 12.2 Å². The average molecular weight is 542 g/mol. The second-order valence-electron chi connectivity index (χ2n) is 9.73. The van der Waals surface area contributed by atoms with Crippen LogP contribution in [0.25, 0.3) is 0 Å². The summed E-state index contributed by atoms with van der Waals surface area (Å²) in [4.78, 5) is 23.3. The number of allylic oxidation sites excluding steroid dienone is 9. The number of likely N-dealkylation sites (N-methyl/N-ethyl adjacent to an activating group) is 1. The van der Waals surface area contributed by atoms with Gasteiger partial charge in [-0.05, 0) is 12.8 Å². The third kappa shape index (κ3) is 27.1. The Morgan fingerprint density at radius 2 is 1.43 bits per heavy atom. The maximum absolute atomic E-state index is 11.7. The van der Waals surface area contributed by atoms with Crippen molar-refractivity contribution in [2.24, 2.45) is 0 Å². The molecule has 2 atom stereocenters. The fourth-order valence-corrected chi connectivity index (χ4v) is 3.56. The van der Waals surface area contributed by atoms with Gasteiger partial charge in [-0.25, -0.2) is 4.79 Å². The predicted molar refractivity (Wildman–Crippen MR) is 148 cm³/mol. The highest BCUT2D eigenvalue weighted by Gasteiger charge is 2.16. The summed E-state index contributed by atoms with van der Waals surface area (Å²) in [5.41, 5.74) is 0. The number of nitrogens with zero attached hydrogens (tertiary/aromatic N) is 1. The van der Waals surface area contributed by atoms with Crippen LogP contribution in [0, 0.1) is 0 Å². The largest absolute Gasteiger partial charge is 0.756 e. The van der Waals surface area contributed by atoms with Crippen LogP contribution in [-0.2, 0) is 23.1 Å². The summed E-state index contributed by atoms with van der Waals surface area (Å²) in [5, 5.41) is 9.76. The van der Waals surface area contributed by atoms with Gasteiger partial charge in [0, 0.05) is 6.08 Å². The molecule has 0 aromatic rings. The SMILES string of the molecule is CCCCCCCCC/C=C/C=C/C=C/C=C/C=C/C(=O)OC[C@@H](O)COP(=O)([O-])OCC[N+](C)(C)C. The third-order valence-corrected chi connectivity index (χ3v) is 5.94. The number of unbranched alkanes of at least 4 members (excludes halogenated alkanes) is 7. The molecule has 0 heterocycles. The fraction of sp³-hybridized carbons (Fsp3) is 0.607. The molecule has 0 saturated carbocycles. The van der Waals surface area contributed by atoms with E-state index in [1.165, 1.54) is 57.1 Å². The van der Waals surface area contributed by atoms with Crippen molar-refractivity contribution < 1.29 is 37.6 Å². The molecule has 9 heteroatoms. The lowest BCUT2D eigenvalue weighted by Crippen LogP contribution is -2.37. The van der Waals surface area contributed by atoms with Crippen molar-refractivity contribution in [3.05, 3.63) is 60.8 Å². The monoisotopic (exact) mass is 541 g/mol. The molecule has 0 saturated heterocycles. The number of aliphatic hydroxyl groups is 1. The molecule has 0 aromatic heterocycles. The fourth-order valence-electron chi connectivity index (χ4n) is 2.83. The van der Waals surface area contributed by atoms with E-state index >= 15 is 0 Å². The topological polar surface area (TPSA) is 105 Å². The number of phosphoric acid groups is 1. The number of ether oxygens (including phenoxy) is 1. The first-order chi connectivity index (χ1) is 17.6. The normalized spacial score (nSPS) is 15.5. The van der Waals surface area contributed by atoms with Gasteiger partial charge in [-0.1, -0.05) is 100 Å². The molecule has 0 spiro atoms. The van der Waals surface area contributed by atoms with Crippen molar-refractivity contribution in [1.82, 2.24) is 0 Å². The van der Waals surface area contributed by atoms with E-state index in [1.807, 2.05) is 45.4 Å². The maximum atomic E-state index is 11.7. The summed E-state index contributed by atoms with van der Waals surface area (Å²) >= 11 is 0. The van der Waals surface area contributed by atoms with Crippen molar-refractivity contribution in [2.75, 3.05) is 47.5 Å². The van der Waals surface area contributed by atoms with Gasteiger partial charge >= 0.3 is 5.97 Å². The lowest BCUT2D eigenvalue weighted by molar-refractivity contribution is -0.870. The molecule has 0 fully saturated rings. The van der Waals surface area contributed by atoms with Gasteiger partial charge in [0.2, 0.25) is 0 Å². The predicted octanol–water partition coefficient (Wildman–Crippen LogP) is 5.02. The Hall–Kier alpha value is -1.80. The van der Waals surface area contributed by atoms with Crippen LogP contribution < -0.4 is 4.89 Å². The zero-order valence-electron chi connectivity index (χ0n) is 23.1. The lowest BCUT2D eigenvalue weighted by Gasteiger charge is -2.27. The van der Waals surface area contributed by atoms with Crippen molar-refractivity contribution >= 4 is 13.8 Å². The minimum Gasteiger partial charge on any atom is -0.756 e. The van der Waals surface area contributed by atoms with Crippen molar-refractivity contribution in [3.63, 3.8) is 0 Å². The highest BCUT2D eigenvalue weighted by Crippen LogP contribution is 2.38. The van der Waals surface area contributed by atoms with Crippen LogP contribution in [0.1, 0.15) is 58.3 Å². The summed E-state index contributed by atoms with van der Waals surface area (Å²) in [6, 6.07) is 0. The van der Waals surface area contributed by atoms with Gasteiger partial charge in [-0.2, -0.15) is 0 Å². The molecule has 8 nitrogen and oxygen atoms in total. The number of aliphatic hydroxyl groups excluding tert-OH is 1. The van der Waals surface area contributed by atoms with Crippen LogP contribution in [0.2, 0.25) is 0 Å². The van der Waals surface area contributed by atoms with Crippen LogP contribution in [0.15, 0.2) is 60.8 Å². The molecule has 0 aliphatic carbocycles. The Morgan fingerprint density at radius 1 is 0.865 bits per heavy atom. The summed E-state index contributed by atoms with van der Waals surface area (Å²) in [7, 11) is 1.17. The number of carbonyl (C=O) groups is 1. The third-order valence-electron chi connectivity index (χ3n) is 4.98. The van der Waals surface area contributed by atoms with Crippen LogP contribution in [0.4, 0.5) is 0 Å². The van der Waals surface area contributed by atoms with Crippen LogP contribution in [-0.4, -0.2) is 69.2 Å². The molecule has 0 rings (SSSR count). The Labute approximate surface area is 224 Å². The van der Waals surface area contributed by atoms with E-state index in [0.717, 1.165) is 6.42 Å². The number of rotatable bonds is 22. The van der Waals surface area contributed by atoms with Crippen molar-refractivity contribution in [2.45, 2.75) is 64.4 Å². The number of quaternary nitrogens is 1. The Balaban J connectivity index is 3.93. The molecule has 0 aromatic carbocycles. The van der Waals surface area contributed by atoms with E-state index in [9.17, 15) is 19.4 Å². The molecule has 0 aliphatic heterocycles. The minimum atomic E-state index is -4.53. The van der Waals surface area contributed by atoms with Gasteiger partial charge < -0.3 is 28.3 Å². The van der Waals surface area contributed by atoms with Gasteiger partial charge in [-0.3, -0.25) is 4.57 Å². The molecule has 1 N–H and O–H groups in total. The van der Waals surface area contributed by atoms with E-state index in [0.29, 0.717) is 11.0 Å². The molecule has 0 radical (unpaired) electrons. The Kier molecular flexibility index (Phi) is 21.1. The smallest absolute Gasteiger partial charge is 0.330 e. The maximum Gasteiger partial charge on any atom is 0.330 e. The molecule has 0 aliphatic rings. The zero-order valence-corrected chi connectivity index (χ0v) is 24.0. The van der Waals surface area contributed by atoms with Gasteiger partial charge in [-0.15, -0.1) is 0 Å². The van der Waals surface area contributed by atoms with Crippen molar-refractivity contribution in [1.29, 1.82) is 0 Å². The lowest BCUT2D eigenvalue weighted by atomic mass is 10.1.